The van der Waals surface area contributed by atoms with E-state index in [2.05, 4.69) is 16.0 Å². The van der Waals surface area contributed by atoms with E-state index in [1.807, 2.05) is 38.1 Å². The first kappa shape index (κ1) is 24.0. The lowest BCUT2D eigenvalue weighted by molar-refractivity contribution is 0.179. The summed E-state index contributed by atoms with van der Waals surface area (Å²) in [6, 6.07) is 10.1. The van der Waals surface area contributed by atoms with E-state index in [-0.39, 0.29) is 24.6 Å². The number of carbonyl (C=O) groups excluding carboxylic acids is 2. The molecule has 9 heteroatoms. The van der Waals surface area contributed by atoms with Crippen LogP contribution in [0.2, 0.25) is 0 Å². The predicted molar refractivity (Wildman–Crippen MR) is 126 cm³/mol. The SMILES string of the molecule is COc1ccccc1NC(=O)N1CCc2cc(OC)c(OC)cc2[C@H]1CNC(=O)NC(C)C. The van der Waals surface area contributed by atoms with Crippen molar-refractivity contribution in [1.82, 2.24) is 15.5 Å². The standard InChI is InChI=1S/C24H32N4O5/c1-15(2)26-23(29)25-14-19-17-13-22(33-5)21(32-4)12-16(17)10-11-28(19)24(30)27-18-8-6-7-9-20(18)31-3/h6-9,12-13,15,19H,10-11,14H2,1-5H3,(H,27,30)(H2,25,26,29)/t19-/m1/s1. The Balaban J connectivity index is 1.91. The summed E-state index contributed by atoms with van der Waals surface area (Å²) in [4.78, 5) is 27.3. The first-order chi connectivity index (χ1) is 15.9. The fourth-order valence-electron chi connectivity index (χ4n) is 3.93. The molecule has 0 spiro atoms. The van der Waals surface area contributed by atoms with Crippen molar-refractivity contribution < 1.29 is 23.8 Å². The largest absolute Gasteiger partial charge is 0.495 e. The number of rotatable bonds is 7. The maximum absolute atomic E-state index is 13.3. The number of para-hydroxylation sites is 2. The maximum Gasteiger partial charge on any atom is 0.322 e. The zero-order valence-electron chi connectivity index (χ0n) is 19.7. The van der Waals surface area contributed by atoms with Gasteiger partial charge in [-0.3, -0.25) is 0 Å². The molecule has 0 aromatic heterocycles. The molecule has 1 atom stereocenters. The van der Waals surface area contributed by atoms with Gasteiger partial charge in [0.25, 0.3) is 0 Å². The average molecular weight is 457 g/mol. The lowest BCUT2D eigenvalue weighted by Gasteiger charge is -2.38. The smallest absolute Gasteiger partial charge is 0.322 e. The van der Waals surface area contributed by atoms with Gasteiger partial charge in [0.05, 0.1) is 33.1 Å². The van der Waals surface area contributed by atoms with E-state index >= 15 is 0 Å². The number of anilines is 1. The van der Waals surface area contributed by atoms with Gasteiger partial charge in [0.1, 0.15) is 5.75 Å². The molecule has 3 rings (SSSR count). The highest BCUT2D eigenvalue weighted by Gasteiger charge is 2.33. The third-order valence-corrected chi connectivity index (χ3v) is 5.49. The molecule has 4 amide bonds. The van der Waals surface area contributed by atoms with Crippen LogP contribution < -0.4 is 30.2 Å². The van der Waals surface area contributed by atoms with E-state index < -0.39 is 6.04 Å². The van der Waals surface area contributed by atoms with Crippen molar-refractivity contribution in [2.45, 2.75) is 32.4 Å². The first-order valence-corrected chi connectivity index (χ1v) is 10.9. The van der Waals surface area contributed by atoms with Crippen molar-refractivity contribution in [2.75, 3.05) is 39.7 Å². The fourth-order valence-corrected chi connectivity index (χ4v) is 3.93. The molecule has 2 aromatic carbocycles. The molecule has 0 bridgehead atoms. The molecule has 0 saturated heterocycles. The zero-order chi connectivity index (χ0) is 24.0. The molecular formula is C24H32N4O5. The monoisotopic (exact) mass is 456 g/mol. The lowest BCUT2D eigenvalue weighted by Crippen LogP contribution is -2.49. The topological polar surface area (TPSA) is 101 Å². The predicted octanol–water partition coefficient (Wildman–Crippen LogP) is 3.55. The molecule has 33 heavy (non-hydrogen) atoms. The van der Waals surface area contributed by atoms with Crippen molar-refractivity contribution >= 4 is 17.7 Å². The van der Waals surface area contributed by atoms with E-state index in [1.54, 1.807) is 38.4 Å². The van der Waals surface area contributed by atoms with Crippen LogP contribution in [0.1, 0.15) is 31.0 Å². The van der Waals surface area contributed by atoms with Gasteiger partial charge in [0, 0.05) is 19.1 Å². The number of hydrogen-bond acceptors (Lipinski definition) is 5. The molecule has 0 unspecified atom stereocenters. The number of nitrogens with one attached hydrogen (secondary N) is 3. The number of carbonyl (C=O) groups is 2. The fraction of sp³-hybridized carbons (Fsp3) is 0.417. The number of hydrogen-bond donors (Lipinski definition) is 3. The van der Waals surface area contributed by atoms with Gasteiger partial charge in [-0.25, -0.2) is 9.59 Å². The van der Waals surface area contributed by atoms with Gasteiger partial charge in [-0.15, -0.1) is 0 Å². The van der Waals surface area contributed by atoms with Crippen molar-refractivity contribution in [3.05, 3.63) is 47.5 Å². The van der Waals surface area contributed by atoms with Crippen LogP contribution >= 0.6 is 0 Å². The quantitative estimate of drug-likeness (QED) is 0.592. The Morgan fingerprint density at radius 3 is 2.36 bits per heavy atom. The molecule has 3 N–H and O–H groups in total. The van der Waals surface area contributed by atoms with Crippen molar-refractivity contribution in [2.24, 2.45) is 0 Å². The van der Waals surface area contributed by atoms with Crippen LogP contribution in [0.25, 0.3) is 0 Å². The highest BCUT2D eigenvalue weighted by Crippen LogP contribution is 2.38. The summed E-state index contributed by atoms with van der Waals surface area (Å²) < 4.78 is 16.3. The molecule has 1 aliphatic rings. The molecular weight excluding hydrogens is 424 g/mol. The van der Waals surface area contributed by atoms with E-state index in [9.17, 15) is 9.59 Å². The van der Waals surface area contributed by atoms with E-state index in [0.717, 1.165) is 11.1 Å². The third kappa shape index (κ3) is 5.60. The second kappa shape index (κ2) is 10.8. The Hall–Kier alpha value is -3.62. The second-order valence-corrected chi connectivity index (χ2v) is 8.00. The van der Waals surface area contributed by atoms with Crippen LogP contribution in [0.4, 0.5) is 15.3 Å². The van der Waals surface area contributed by atoms with Crippen LogP contribution in [-0.4, -0.2) is 57.4 Å². The second-order valence-electron chi connectivity index (χ2n) is 8.00. The number of benzene rings is 2. The van der Waals surface area contributed by atoms with Gasteiger partial charge in [-0.1, -0.05) is 12.1 Å². The van der Waals surface area contributed by atoms with Crippen LogP contribution in [-0.2, 0) is 6.42 Å². The molecule has 1 heterocycles. The van der Waals surface area contributed by atoms with E-state index in [1.165, 1.54) is 0 Å². The van der Waals surface area contributed by atoms with Gasteiger partial charge in [0.15, 0.2) is 11.5 Å². The Kier molecular flexibility index (Phi) is 7.87. The maximum atomic E-state index is 13.3. The summed E-state index contributed by atoms with van der Waals surface area (Å²) in [5.41, 5.74) is 2.52. The molecule has 1 aliphatic heterocycles. The van der Waals surface area contributed by atoms with Crippen molar-refractivity contribution in [1.29, 1.82) is 0 Å². The Labute approximate surface area is 194 Å². The molecule has 9 nitrogen and oxygen atoms in total. The Morgan fingerprint density at radius 1 is 1.03 bits per heavy atom. The van der Waals surface area contributed by atoms with Crippen molar-refractivity contribution in [3.63, 3.8) is 0 Å². The molecule has 2 aromatic rings. The van der Waals surface area contributed by atoms with Crippen LogP contribution in [0.3, 0.4) is 0 Å². The summed E-state index contributed by atoms with van der Waals surface area (Å²) in [6.07, 6.45) is 0.643. The highest BCUT2D eigenvalue weighted by molar-refractivity contribution is 5.91. The lowest BCUT2D eigenvalue weighted by atomic mass is 9.92. The van der Waals surface area contributed by atoms with Gasteiger partial charge in [0.2, 0.25) is 0 Å². The van der Waals surface area contributed by atoms with Gasteiger partial charge in [-0.2, -0.15) is 0 Å². The summed E-state index contributed by atoms with van der Waals surface area (Å²) in [5.74, 6) is 1.77. The number of amides is 4. The van der Waals surface area contributed by atoms with E-state index in [0.29, 0.717) is 35.9 Å². The summed E-state index contributed by atoms with van der Waals surface area (Å²) in [5, 5.41) is 8.65. The third-order valence-electron chi connectivity index (χ3n) is 5.49. The van der Waals surface area contributed by atoms with Gasteiger partial charge in [-0.05, 0) is 55.7 Å². The minimum Gasteiger partial charge on any atom is -0.495 e. The molecule has 0 aliphatic carbocycles. The molecule has 0 saturated carbocycles. The van der Waals surface area contributed by atoms with Crippen LogP contribution in [0.15, 0.2) is 36.4 Å². The number of methoxy groups -OCH3 is 3. The summed E-state index contributed by atoms with van der Waals surface area (Å²) in [7, 11) is 4.72. The van der Waals surface area contributed by atoms with E-state index in [4.69, 9.17) is 14.2 Å². The first-order valence-electron chi connectivity index (χ1n) is 10.9. The minimum absolute atomic E-state index is 0.00190. The Bertz CT molecular complexity index is 995. The molecule has 0 fully saturated rings. The highest BCUT2D eigenvalue weighted by atomic mass is 16.5. The number of ether oxygens (including phenoxy) is 3. The van der Waals surface area contributed by atoms with Gasteiger partial charge < -0.3 is 35.1 Å². The van der Waals surface area contributed by atoms with Crippen molar-refractivity contribution in [3.8, 4) is 17.2 Å². The normalized spacial score (nSPS) is 14.8. The average Bonchev–Trinajstić information content (AvgIpc) is 2.81. The summed E-state index contributed by atoms with van der Waals surface area (Å²) in [6.45, 7) is 4.49. The van der Waals surface area contributed by atoms with Crippen LogP contribution in [0.5, 0.6) is 17.2 Å². The minimum atomic E-state index is -0.402. The number of fused-ring (bicyclic) bond motifs is 1. The zero-order valence-corrected chi connectivity index (χ0v) is 19.7. The number of urea groups is 2. The number of nitrogens with zero attached hydrogens (tertiary/aromatic N) is 1. The summed E-state index contributed by atoms with van der Waals surface area (Å²) >= 11 is 0. The van der Waals surface area contributed by atoms with Gasteiger partial charge >= 0.3 is 12.1 Å². The molecule has 178 valence electrons. The Morgan fingerprint density at radius 2 is 1.70 bits per heavy atom. The molecule has 0 radical (unpaired) electrons. The van der Waals surface area contributed by atoms with Crippen LogP contribution in [0, 0.1) is 0 Å².